The fourth-order valence-corrected chi connectivity index (χ4v) is 4.14. The fraction of sp³-hybridized carbons (Fsp3) is 0.667. The molecule has 0 aliphatic carbocycles. The third-order valence-electron chi connectivity index (χ3n) is 5.98. The second-order valence-electron chi connectivity index (χ2n) is 9.46. The first-order valence-electron chi connectivity index (χ1n) is 13.2. The van der Waals surface area contributed by atoms with Gasteiger partial charge in [0.25, 0.3) is 0 Å². The van der Waals surface area contributed by atoms with Crippen LogP contribution in [0.15, 0.2) is 36.5 Å². The van der Waals surface area contributed by atoms with E-state index in [4.69, 9.17) is 14.2 Å². The van der Waals surface area contributed by atoms with E-state index in [1.807, 2.05) is 18.2 Å². The van der Waals surface area contributed by atoms with Crippen molar-refractivity contribution in [1.29, 1.82) is 0 Å². The van der Waals surface area contributed by atoms with Crippen molar-refractivity contribution in [2.24, 2.45) is 5.41 Å². The molecule has 10 nitrogen and oxygen atoms in total. The quantitative estimate of drug-likeness (QED) is 0.0627. The third kappa shape index (κ3) is 17.5. The van der Waals surface area contributed by atoms with Crippen LogP contribution in [0.3, 0.4) is 0 Å². The van der Waals surface area contributed by atoms with Gasteiger partial charge in [0, 0.05) is 6.42 Å². The molecular formula is C27H41KO10S. The zero-order chi connectivity index (χ0) is 28.3. The van der Waals surface area contributed by atoms with E-state index in [2.05, 4.69) is 25.2 Å². The normalized spacial score (nSPS) is 20.7. The van der Waals surface area contributed by atoms with Crippen molar-refractivity contribution in [3.63, 3.8) is 0 Å². The zero-order valence-electron chi connectivity index (χ0n) is 23.2. The van der Waals surface area contributed by atoms with Gasteiger partial charge >= 0.3 is 69.3 Å². The van der Waals surface area contributed by atoms with Crippen molar-refractivity contribution in [2.45, 2.75) is 82.8 Å². The first kappa shape index (κ1) is 38.1. The summed E-state index contributed by atoms with van der Waals surface area (Å²) in [4.78, 5) is 36.0. The van der Waals surface area contributed by atoms with E-state index in [0.717, 1.165) is 38.5 Å². The summed E-state index contributed by atoms with van der Waals surface area (Å²) in [5, 5.41) is 7.58. The number of hydrogen-bond acceptors (Lipinski definition) is 10. The van der Waals surface area contributed by atoms with Crippen molar-refractivity contribution in [3.8, 4) is 0 Å². The summed E-state index contributed by atoms with van der Waals surface area (Å²) in [7, 11) is -5.14. The molecular weight excluding hydrogens is 555 g/mol. The van der Waals surface area contributed by atoms with Crippen molar-refractivity contribution < 1.29 is 98.1 Å². The summed E-state index contributed by atoms with van der Waals surface area (Å²) >= 11 is 0. The van der Waals surface area contributed by atoms with Gasteiger partial charge in [0.2, 0.25) is 0 Å². The molecule has 39 heavy (non-hydrogen) atoms. The average molecular weight is 597 g/mol. The van der Waals surface area contributed by atoms with Crippen LogP contribution < -0.4 is 51.4 Å². The van der Waals surface area contributed by atoms with Crippen LogP contribution >= 0.6 is 0 Å². The van der Waals surface area contributed by atoms with Gasteiger partial charge in [0.15, 0.2) is 5.25 Å². The van der Waals surface area contributed by atoms with Gasteiger partial charge in [-0.25, -0.2) is 8.42 Å². The van der Waals surface area contributed by atoms with E-state index >= 15 is 0 Å². The molecule has 1 heterocycles. The maximum atomic E-state index is 12.2. The zero-order valence-corrected chi connectivity index (χ0v) is 27.1. The van der Waals surface area contributed by atoms with Gasteiger partial charge in [-0.2, -0.15) is 0 Å². The van der Waals surface area contributed by atoms with Gasteiger partial charge in [-0.05, 0) is 25.7 Å². The minimum Gasteiger partial charge on any atom is -0.747 e. The van der Waals surface area contributed by atoms with E-state index in [1.165, 1.54) is 12.8 Å². The van der Waals surface area contributed by atoms with Crippen molar-refractivity contribution in [3.05, 3.63) is 36.5 Å². The molecule has 12 heteroatoms. The number of hydrogen-bond donors (Lipinski definition) is 1. The predicted molar refractivity (Wildman–Crippen MR) is 140 cm³/mol. The van der Waals surface area contributed by atoms with Crippen LogP contribution in [0.2, 0.25) is 0 Å². The van der Waals surface area contributed by atoms with Crippen molar-refractivity contribution >= 4 is 28.0 Å². The Morgan fingerprint density at radius 1 is 1.00 bits per heavy atom. The molecule has 0 amide bonds. The molecule has 0 bridgehead atoms. The Kier molecular flexibility index (Phi) is 21.3. The summed E-state index contributed by atoms with van der Waals surface area (Å²) < 4.78 is 48.8. The van der Waals surface area contributed by atoms with Crippen LogP contribution in [-0.2, 0) is 38.7 Å². The molecule has 0 aromatic rings. The number of carbonyl (C=O) groups excluding carboxylic acids is 3. The monoisotopic (exact) mass is 596 g/mol. The summed E-state index contributed by atoms with van der Waals surface area (Å²) in [6, 6.07) is 0. The minimum absolute atomic E-state index is 0. The van der Waals surface area contributed by atoms with E-state index in [0.29, 0.717) is 6.42 Å². The second kappa shape index (κ2) is 21.8. The van der Waals surface area contributed by atoms with Crippen molar-refractivity contribution in [1.82, 2.24) is 0 Å². The number of ether oxygens (including phenoxy) is 3. The van der Waals surface area contributed by atoms with Gasteiger partial charge in [0.05, 0.1) is 18.4 Å². The number of aliphatic hydroxyl groups excluding tert-OH is 1. The minimum atomic E-state index is -5.14. The van der Waals surface area contributed by atoms with Gasteiger partial charge in [-0.15, -0.1) is 0 Å². The Morgan fingerprint density at radius 2 is 1.59 bits per heavy atom. The second-order valence-corrected chi connectivity index (χ2v) is 11.0. The molecule has 1 aliphatic rings. The number of carbonyl (C=O) groups is 3. The Bertz CT molecular complexity index is 929. The summed E-state index contributed by atoms with van der Waals surface area (Å²) in [6.07, 6.45) is 20.7. The number of aliphatic hydroxyl groups is 1. The largest absolute Gasteiger partial charge is 1.00 e. The summed E-state index contributed by atoms with van der Waals surface area (Å²) in [5.74, 6) is -3.04. The van der Waals surface area contributed by atoms with Crippen LogP contribution in [0.25, 0.3) is 0 Å². The molecule has 0 radical (unpaired) electrons. The van der Waals surface area contributed by atoms with Gasteiger partial charge in [-0.1, -0.05) is 75.5 Å². The maximum absolute atomic E-state index is 12.2. The van der Waals surface area contributed by atoms with E-state index in [9.17, 15) is 32.5 Å². The Balaban J connectivity index is 0.0000144. The van der Waals surface area contributed by atoms with Crippen LogP contribution in [-0.4, -0.2) is 67.7 Å². The molecule has 216 valence electrons. The molecule has 2 atom stereocenters. The van der Waals surface area contributed by atoms with Gasteiger partial charge in [-0.3, -0.25) is 14.4 Å². The Labute approximate surface area is 274 Å². The Hall–Kier alpha value is -0.864. The number of allylic oxidation sites excluding steroid dienone is 6. The molecule has 0 aromatic carbocycles. The average Bonchev–Trinajstić information content (AvgIpc) is 2.94. The predicted octanol–water partition coefficient (Wildman–Crippen LogP) is 0.506. The third-order valence-corrected chi connectivity index (χ3v) is 7.04. The van der Waals surface area contributed by atoms with E-state index < -0.39 is 71.5 Å². The topological polar surface area (TPSA) is 156 Å². The van der Waals surface area contributed by atoms with Crippen LogP contribution in [0, 0.1) is 5.41 Å². The van der Waals surface area contributed by atoms with Crippen LogP contribution in [0.1, 0.15) is 77.6 Å². The van der Waals surface area contributed by atoms with E-state index in [-0.39, 0.29) is 57.8 Å². The van der Waals surface area contributed by atoms with Crippen molar-refractivity contribution in [2.75, 3.05) is 26.4 Å². The summed E-state index contributed by atoms with van der Waals surface area (Å²) in [6.45, 7) is 0.0276. The molecule has 1 N–H and O–H groups in total. The molecule has 0 aromatic heterocycles. The molecule has 0 spiro atoms. The van der Waals surface area contributed by atoms with Crippen LogP contribution in [0.4, 0.5) is 0 Å². The SMILES string of the molecule is CCCC/C=C/C=C/C=C\CCCCCCCC(=O)OCC1(CO)COC(=O)CC(S(=O)(=O)[O-])C(=O)OC1.[K+]. The smallest absolute Gasteiger partial charge is 0.747 e. The molecule has 2 unspecified atom stereocenters. The molecule has 1 fully saturated rings. The van der Waals surface area contributed by atoms with Gasteiger partial charge in [0.1, 0.15) is 29.9 Å². The number of cyclic esters (lactones) is 2. The molecule has 1 rings (SSSR count). The Morgan fingerprint density at radius 3 is 2.21 bits per heavy atom. The first-order chi connectivity index (χ1) is 18.1. The molecule has 1 aliphatic heterocycles. The molecule has 0 saturated carbocycles. The number of rotatable bonds is 17. The number of unbranched alkanes of at least 4 members (excludes halogenated alkanes) is 7. The van der Waals surface area contributed by atoms with E-state index in [1.54, 1.807) is 0 Å². The fourth-order valence-electron chi connectivity index (χ4n) is 3.49. The summed E-state index contributed by atoms with van der Waals surface area (Å²) in [5.41, 5.74) is -1.46. The van der Waals surface area contributed by atoms with Crippen LogP contribution in [0.5, 0.6) is 0 Å². The standard InChI is InChI=1S/C27H42O10S.K/c1-2-3-4-5-6-7-8-9-10-11-12-13-14-15-16-17-24(29)35-20-27(19-28)21-36-25(30)18-23(38(32,33)34)26(31)37-22-27;/h5-10,23,28H,2-4,11-22H2,1H3,(H,32,33,34);/q;+1/p-1/b6-5+,8-7+,10-9-;. The van der Waals surface area contributed by atoms with Gasteiger partial charge < -0.3 is 23.9 Å². The molecule has 1 saturated heterocycles. The number of esters is 3. The maximum Gasteiger partial charge on any atom is 1.00 e. The first-order valence-corrected chi connectivity index (χ1v) is 14.6.